The third kappa shape index (κ3) is 4.83. The molecule has 0 bridgehead atoms. The summed E-state index contributed by atoms with van der Waals surface area (Å²) in [5.41, 5.74) is 0.770. The summed E-state index contributed by atoms with van der Waals surface area (Å²) in [5, 5.41) is 0.668. The SMILES string of the molecule is CCCCCCCCCCn1c(C)nc2cc(OC)ccc2c1=O. The molecule has 0 spiro atoms. The lowest BCUT2D eigenvalue weighted by molar-refractivity contribution is 0.415. The number of nitrogens with zero attached hydrogens (tertiary/aromatic N) is 2. The molecule has 24 heavy (non-hydrogen) atoms. The number of benzene rings is 1. The number of unbranched alkanes of at least 4 members (excludes halogenated alkanes) is 7. The Bertz CT molecular complexity index is 707. The highest BCUT2D eigenvalue weighted by Crippen LogP contribution is 2.17. The first-order valence-electron chi connectivity index (χ1n) is 9.22. The van der Waals surface area contributed by atoms with Gasteiger partial charge in [-0.25, -0.2) is 4.98 Å². The van der Waals surface area contributed by atoms with Gasteiger partial charge in [0.15, 0.2) is 0 Å². The van der Waals surface area contributed by atoms with Crippen LogP contribution in [-0.2, 0) is 6.54 Å². The van der Waals surface area contributed by atoms with Crippen molar-refractivity contribution < 1.29 is 4.74 Å². The number of rotatable bonds is 10. The van der Waals surface area contributed by atoms with Crippen molar-refractivity contribution in [1.82, 2.24) is 9.55 Å². The average Bonchev–Trinajstić information content (AvgIpc) is 2.59. The number of ether oxygens (including phenoxy) is 1. The van der Waals surface area contributed by atoms with E-state index in [4.69, 9.17) is 4.74 Å². The minimum atomic E-state index is 0.0584. The van der Waals surface area contributed by atoms with Crippen molar-refractivity contribution in [3.63, 3.8) is 0 Å². The Morgan fingerprint density at radius 1 is 1.04 bits per heavy atom. The van der Waals surface area contributed by atoms with Gasteiger partial charge in [-0.1, -0.05) is 51.9 Å². The largest absolute Gasteiger partial charge is 0.497 e. The van der Waals surface area contributed by atoms with E-state index in [-0.39, 0.29) is 5.56 Å². The monoisotopic (exact) mass is 330 g/mol. The zero-order valence-corrected chi connectivity index (χ0v) is 15.3. The van der Waals surface area contributed by atoms with E-state index in [0.29, 0.717) is 10.9 Å². The number of aryl methyl sites for hydroxylation is 1. The Hall–Kier alpha value is -1.84. The van der Waals surface area contributed by atoms with E-state index in [0.717, 1.165) is 24.5 Å². The van der Waals surface area contributed by atoms with Gasteiger partial charge in [-0.05, 0) is 25.5 Å². The maximum atomic E-state index is 12.7. The van der Waals surface area contributed by atoms with Crippen molar-refractivity contribution in [2.45, 2.75) is 71.8 Å². The maximum absolute atomic E-state index is 12.7. The molecule has 1 aromatic heterocycles. The first kappa shape index (κ1) is 18.5. The molecule has 0 saturated carbocycles. The van der Waals surface area contributed by atoms with Crippen LogP contribution in [0.4, 0.5) is 0 Å². The molecule has 132 valence electrons. The van der Waals surface area contributed by atoms with Gasteiger partial charge in [-0.2, -0.15) is 0 Å². The lowest BCUT2D eigenvalue weighted by atomic mass is 10.1. The molecule has 0 fully saturated rings. The Kier molecular flexibility index (Phi) is 7.29. The highest BCUT2D eigenvalue weighted by molar-refractivity contribution is 5.79. The van der Waals surface area contributed by atoms with Crippen molar-refractivity contribution in [1.29, 1.82) is 0 Å². The van der Waals surface area contributed by atoms with Crippen LogP contribution in [0.2, 0.25) is 0 Å². The molecular formula is C20H30N2O2. The van der Waals surface area contributed by atoms with E-state index >= 15 is 0 Å². The molecule has 0 aliphatic heterocycles. The molecule has 0 N–H and O–H groups in total. The number of fused-ring (bicyclic) bond motifs is 1. The molecule has 0 saturated heterocycles. The summed E-state index contributed by atoms with van der Waals surface area (Å²) in [5.74, 6) is 1.51. The van der Waals surface area contributed by atoms with Crippen molar-refractivity contribution in [2.75, 3.05) is 7.11 Å². The zero-order valence-electron chi connectivity index (χ0n) is 15.3. The van der Waals surface area contributed by atoms with Crippen molar-refractivity contribution >= 4 is 10.9 Å². The van der Waals surface area contributed by atoms with Crippen LogP contribution in [0.1, 0.15) is 64.1 Å². The van der Waals surface area contributed by atoms with E-state index < -0.39 is 0 Å². The standard InChI is InChI=1S/C20H30N2O2/c1-4-5-6-7-8-9-10-11-14-22-16(2)21-19-15-17(24-3)12-13-18(19)20(22)23/h12-13,15H,4-11,14H2,1-3H3. The molecule has 4 heteroatoms. The van der Waals surface area contributed by atoms with Crippen LogP contribution >= 0.6 is 0 Å². The molecule has 1 aromatic carbocycles. The van der Waals surface area contributed by atoms with E-state index in [9.17, 15) is 4.79 Å². The predicted octanol–water partition coefficient (Wildman–Crippen LogP) is 4.85. The Morgan fingerprint density at radius 2 is 1.71 bits per heavy atom. The number of methoxy groups -OCH3 is 1. The quantitative estimate of drug-likeness (QED) is 0.585. The van der Waals surface area contributed by atoms with Crippen LogP contribution in [0.25, 0.3) is 10.9 Å². The molecule has 0 amide bonds. The van der Waals surface area contributed by atoms with Gasteiger partial charge in [0, 0.05) is 12.6 Å². The summed E-state index contributed by atoms with van der Waals surface area (Å²) < 4.78 is 7.02. The fourth-order valence-electron chi connectivity index (χ4n) is 3.11. The second kappa shape index (κ2) is 9.45. The summed E-state index contributed by atoms with van der Waals surface area (Å²) in [4.78, 5) is 17.2. The van der Waals surface area contributed by atoms with Crippen molar-refractivity contribution in [3.8, 4) is 5.75 Å². The smallest absolute Gasteiger partial charge is 0.261 e. The Labute approximate surface area is 144 Å². The van der Waals surface area contributed by atoms with Gasteiger partial charge in [0.1, 0.15) is 11.6 Å². The number of hydrogen-bond acceptors (Lipinski definition) is 3. The lowest BCUT2D eigenvalue weighted by Crippen LogP contribution is -2.24. The molecule has 0 aliphatic rings. The van der Waals surface area contributed by atoms with Gasteiger partial charge in [0.2, 0.25) is 0 Å². The van der Waals surface area contributed by atoms with Gasteiger partial charge in [-0.3, -0.25) is 9.36 Å². The normalized spacial score (nSPS) is 11.1. The molecule has 0 atom stereocenters. The zero-order chi connectivity index (χ0) is 17.4. The second-order valence-electron chi connectivity index (χ2n) is 6.47. The average molecular weight is 330 g/mol. The minimum absolute atomic E-state index is 0.0584. The van der Waals surface area contributed by atoms with Crippen LogP contribution in [0.3, 0.4) is 0 Å². The summed E-state index contributed by atoms with van der Waals surface area (Å²) in [6, 6.07) is 5.46. The molecule has 0 aliphatic carbocycles. The first-order chi connectivity index (χ1) is 11.7. The van der Waals surface area contributed by atoms with Crippen LogP contribution in [-0.4, -0.2) is 16.7 Å². The topological polar surface area (TPSA) is 44.1 Å². The van der Waals surface area contributed by atoms with Gasteiger partial charge >= 0.3 is 0 Å². The lowest BCUT2D eigenvalue weighted by Gasteiger charge is -2.11. The van der Waals surface area contributed by atoms with Crippen molar-refractivity contribution in [3.05, 3.63) is 34.4 Å². The van der Waals surface area contributed by atoms with Gasteiger partial charge in [-0.15, -0.1) is 0 Å². The van der Waals surface area contributed by atoms with Gasteiger partial charge in [0.05, 0.1) is 18.0 Å². The highest BCUT2D eigenvalue weighted by Gasteiger charge is 2.08. The Morgan fingerprint density at radius 3 is 2.38 bits per heavy atom. The molecule has 0 radical (unpaired) electrons. The molecule has 1 heterocycles. The Balaban J connectivity index is 1.93. The second-order valence-corrected chi connectivity index (χ2v) is 6.47. The number of aromatic nitrogens is 2. The fraction of sp³-hybridized carbons (Fsp3) is 0.600. The highest BCUT2D eigenvalue weighted by atomic mass is 16.5. The molecule has 4 nitrogen and oxygen atoms in total. The maximum Gasteiger partial charge on any atom is 0.261 e. The minimum Gasteiger partial charge on any atom is -0.497 e. The van der Waals surface area contributed by atoms with E-state index in [1.807, 2.05) is 29.7 Å². The van der Waals surface area contributed by atoms with Crippen LogP contribution in [0.5, 0.6) is 5.75 Å². The molecule has 2 rings (SSSR count). The third-order valence-corrected chi connectivity index (χ3v) is 4.59. The molecule has 2 aromatic rings. The summed E-state index contributed by atoms with van der Waals surface area (Å²) in [6.45, 7) is 4.91. The van der Waals surface area contributed by atoms with Crippen LogP contribution in [0.15, 0.2) is 23.0 Å². The van der Waals surface area contributed by atoms with Crippen LogP contribution in [0, 0.1) is 6.92 Å². The third-order valence-electron chi connectivity index (χ3n) is 4.59. The van der Waals surface area contributed by atoms with Crippen LogP contribution < -0.4 is 10.3 Å². The fourth-order valence-corrected chi connectivity index (χ4v) is 3.11. The summed E-state index contributed by atoms with van der Waals surface area (Å²) in [7, 11) is 1.62. The first-order valence-corrected chi connectivity index (χ1v) is 9.22. The predicted molar refractivity (Wildman–Crippen MR) is 99.9 cm³/mol. The van der Waals surface area contributed by atoms with Gasteiger partial charge in [0.25, 0.3) is 5.56 Å². The summed E-state index contributed by atoms with van der Waals surface area (Å²) >= 11 is 0. The van der Waals surface area contributed by atoms with Gasteiger partial charge < -0.3 is 4.74 Å². The summed E-state index contributed by atoms with van der Waals surface area (Å²) in [6.07, 6.45) is 10.1. The van der Waals surface area contributed by atoms with E-state index in [2.05, 4.69) is 11.9 Å². The molecule has 0 unspecified atom stereocenters. The van der Waals surface area contributed by atoms with E-state index in [1.54, 1.807) is 7.11 Å². The van der Waals surface area contributed by atoms with E-state index in [1.165, 1.54) is 44.9 Å². The van der Waals surface area contributed by atoms with Crippen molar-refractivity contribution in [2.24, 2.45) is 0 Å². The number of hydrogen-bond donors (Lipinski definition) is 0. The molecular weight excluding hydrogens is 300 g/mol.